The molecule has 1 aliphatic carbocycles. The molecule has 5 nitrogen and oxygen atoms in total. The molecular weight excluding hydrogens is 278 g/mol. The third-order valence-corrected chi connectivity index (χ3v) is 4.52. The SMILES string of the molecule is O=[N+]([O-])c1cccnc1NCC1(c2ccccc2)CCCC1. The quantitative estimate of drug-likeness (QED) is 0.671. The first-order valence-corrected chi connectivity index (χ1v) is 7.60. The Balaban J connectivity index is 1.83. The Morgan fingerprint density at radius 1 is 1.14 bits per heavy atom. The van der Waals surface area contributed by atoms with Gasteiger partial charge in [0.25, 0.3) is 0 Å². The average Bonchev–Trinajstić information content (AvgIpc) is 3.04. The Kier molecular flexibility index (Phi) is 4.04. The third-order valence-electron chi connectivity index (χ3n) is 4.52. The highest BCUT2D eigenvalue weighted by molar-refractivity contribution is 5.55. The predicted octanol–water partition coefficient (Wildman–Crippen LogP) is 3.91. The normalized spacial score (nSPS) is 16.4. The zero-order valence-corrected chi connectivity index (χ0v) is 12.4. The number of nitrogens with zero attached hydrogens (tertiary/aromatic N) is 2. The van der Waals surface area contributed by atoms with Crippen molar-refractivity contribution in [2.24, 2.45) is 0 Å². The summed E-state index contributed by atoms with van der Waals surface area (Å²) in [6, 6.07) is 13.5. The van der Waals surface area contributed by atoms with Gasteiger partial charge in [-0.2, -0.15) is 0 Å². The standard InChI is InChI=1S/C17H19N3O2/c21-20(22)15-9-6-12-18-16(15)19-13-17(10-4-5-11-17)14-7-2-1-3-8-14/h1-3,6-9,12H,4-5,10-11,13H2,(H,18,19). The number of nitrogens with one attached hydrogen (secondary N) is 1. The van der Waals surface area contributed by atoms with E-state index in [1.54, 1.807) is 12.3 Å². The molecule has 0 aliphatic heterocycles. The van der Waals surface area contributed by atoms with Crippen LogP contribution in [0, 0.1) is 10.1 Å². The largest absolute Gasteiger partial charge is 0.363 e. The lowest BCUT2D eigenvalue weighted by atomic mass is 9.79. The highest BCUT2D eigenvalue weighted by Gasteiger charge is 2.35. The third kappa shape index (κ3) is 2.79. The van der Waals surface area contributed by atoms with Gasteiger partial charge in [0, 0.05) is 24.2 Å². The van der Waals surface area contributed by atoms with E-state index >= 15 is 0 Å². The molecule has 1 aromatic carbocycles. The van der Waals surface area contributed by atoms with Gasteiger partial charge in [-0.1, -0.05) is 43.2 Å². The Morgan fingerprint density at radius 3 is 2.55 bits per heavy atom. The van der Waals surface area contributed by atoms with E-state index in [-0.39, 0.29) is 16.0 Å². The van der Waals surface area contributed by atoms with Crippen LogP contribution in [0.15, 0.2) is 48.7 Å². The summed E-state index contributed by atoms with van der Waals surface area (Å²) in [6.45, 7) is 0.675. The number of hydrogen-bond donors (Lipinski definition) is 1. The zero-order valence-electron chi connectivity index (χ0n) is 12.4. The van der Waals surface area contributed by atoms with Crippen molar-refractivity contribution in [1.29, 1.82) is 0 Å². The predicted molar refractivity (Wildman–Crippen MR) is 86.0 cm³/mol. The van der Waals surface area contributed by atoms with Gasteiger partial charge in [0.1, 0.15) is 0 Å². The molecule has 1 N–H and O–H groups in total. The van der Waals surface area contributed by atoms with Crippen LogP contribution in [0.25, 0.3) is 0 Å². The van der Waals surface area contributed by atoms with Crippen LogP contribution in [0.1, 0.15) is 31.2 Å². The molecule has 0 atom stereocenters. The van der Waals surface area contributed by atoms with Gasteiger partial charge in [0.15, 0.2) is 0 Å². The van der Waals surface area contributed by atoms with Crippen molar-refractivity contribution in [3.63, 3.8) is 0 Å². The average molecular weight is 297 g/mol. The van der Waals surface area contributed by atoms with Gasteiger partial charge in [0.05, 0.1) is 4.92 Å². The van der Waals surface area contributed by atoms with Crippen LogP contribution >= 0.6 is 0 Å². The maximum Gasteiger partial charge on any atom is 0.311 e. The maximum atomic E-state index is 11.1. The van der Waals surface area contributed by atoms with E-state index in [9.17, 15) is 10.1 Å². The second kappa shape index (κ2) is 6.13. The number of benzene rings is 1. The fraction of sp³-hybridized carbons (Fsp3) is 0.353. The van der Waals surface area contributed by atoms with Gasteiger partial charge in [0.2, 0.25) is 5.82 Å². The molecule has 0 bridgehead atoms. The molecule has 1 fully saturated rings. The molecular formula is C17H19N3O2. The smallest absolute Gasteiger partial charge is 0.311 e. The molecule has 1 aliphatic rings. The molecule has 1 aromatic heterocycles. The number of nitro groups is 1. The lowest BCUT2D eigenvalue weighted by molar-refractivity contribution is -0.384. The number of pyridine rings is 1. The molecule has 22 heavy (non-hydrogen) atoms. The van der Waals surface area contributed by atoms with Gasteiger partial charge in [-0.25, -0.2) is 4.98 Å². The molecule has 3 rings (SSSR count). The number of anilines is 1. The van der Waals surface area contributed by atoms with Gasteiger partial charge in [-0.15, -0.1) is 0 Å². The number of rotatable bonds is 5. The Morgan fingerprint density at radius 2 is 1.86 bits per heavy atom. The lowest BCUT2D eigenvalue weighted by Gasteiger charge is -2.30. The lowest BCUT2D eigenvalue weighted by Crippen LogP contribution is -2.31. The Bertz CT molecular complexity index is 652. The van der Waals surface area contributed by atoms with E-state index in [1.807, 2.05) is 6.07 Å². The summed E-state index contributed by atoms with van der Waals surface area (Å²) in [5, 5.41) is 14.3. The first-order chi connectivity index (χ1) is 10.7. The number of aromatic nitrogens is 1. The monoisotopic (exact) mass is 297 g/mol. The second-order valence-corrected chi connectivity index (χ2v) is 5.84. The highest BCUT2D eigenvalue weighted by Crippen LogP contribution is 2.41. The minimum Gasteiger partial charge on any atom is -0.363 e. The highest BCUT2D eigenvalue weighted by atomic mass is 16.6. The van der Waals surface area contributed by atoms with E-state index in [2.05, 4.69) is 34.6 Å². The van der Waals surface area contributed by atoms with Gasteiger partial charge < -0.3 is 5.32 Å². The summed E-state index contributed by atoms with van der Waals surface area (Å²) >= 11 is 0. The van der Waals surface area contributed by atoms with Gasteiger partial charge in [-0.05, 0) is 24.5 Å². The van der Waals surface area contributed by atoms with Crippen LogP contribution in [0.4, 0.5) is 11.5 Å². The minimum absolute atomic E-state index is 0.0312. The molecule has 0 spiro atoms. The summed E-state index contributed by atoms with van der Waals surface area (Å²) in [5.41, 5.74) is 1.38. The van der Waals surface area contributed by atoms with Crippen LogP contribution in [-0.2, 0) is 5.41 Å². The summed E-state index contributed by atoms with van der Waals surface area (Å²) in [4.78, 5) is 14.8. The Labute approximate surface area is 129 Å². The molecule has 0 unspecified atom stereocenters. The van der Waals surface area contributed by atoms with Gasteiger partial charge >= 0.3 is 5.69 Å². The fourth-order valence-electron chi connectivity index (χ4n) is 3.34. The van der Waals surface area contributed by atoms with Crippen molar-refractivity contribution >= 4 is 11.5 Å². The van der Waals surface area contributed by atoms with Crippen molar-refractivity contribution in [1.82, 2.24) is 4.98 Å². The van der Waals surface area contributed by atoms with Crippen LogP contribution in [0.3, 0.4) is 0 Å². The molecule has 1 saturated carbocycles. The van der Waals surface area contributed by atoms with Crippen molar-refractivity contribution in [3.05, 3.63) is 64.3 Å². The fourth-order valence-corrected chi connectivity index (χ4v) is 3.34. The van der Waals surface area contributed by atoms with Gasteiger partial charge in [-0.3, -0.25) is 10.1 Å². The summed E-state index contributed by atoms with van der Waals surface area (Å²) < 4.78 is 0. The zero-order chi connectivity index (χ0) is 15.4. The van der Waals surface area contributed by atoms with Crippen LogP contribution in [0.5, 0.6) is 0 Å². The molecule has 114 valence electrons. The molecule has 0 amide bonds. The summed E-state index contributed by atoms with van der Waals surface area (Å²) in [5.74, 6) is 0.356. The van der Waals surface area contributed by atoms with Crippen molar-refractivity contribution in [3.8, 4) is 0 Å². The first kappa shape index (κ1) is 14.5. The molecule has 0 radical (unpaired) electrons. The molecule has 0 saturated heterocycles. The van der Waals surface area contributed by atoms with Crippen molar-refractivity contribution in [2.45, 2.75) is 31.1 Å². The number of hydrogen-bond acceptors (Lipinski definition) is 4. The summed E-state index contributed by atoms with van der Waals surface area (Å²) in [6.07, 6.45) is 6.18. The topological polar surface area (TPSA) is 68.1 Å². The minimum atomic E-state index is -0.390. The van der Waals surface area contributed by atoms with E-state index in [0.29, 0.717) is 12.4 Å². The molecule has 2 aromatic rings. The van der Waals surface area contributed by atoms with Crippen molar-refractivity contribution < 1.29 is 4.92 Å². The second-order valence-electron chi connectivity index (χ2n) is 5.84. The summed E-state index contributed by atoms with van der Waals surface area (Å²) in [7, 11) is 0. The van der Waals surface area contributed by atoms with E-state index in [0.717, 1.165) is 12.8 Å². The van der Waals surface area contributed by atoms with Crippen LogP contribution < -0.4 is 5.32 Å². The van der Waals surface area contributed by atoms with E-state index in [1.165, 1.54) is 24.5 Å². The first-order valence-electron chi connectivity index (χ1n) is 7.60. The van der Waals surface area contributed by atoms with E-state index in [4.69, 9.17) is 0 Å². The molecule has 5 heteroatoms. The molecule has 1 heterocycles. The maximum absolute atomic E-state index is 11.1. The van der Waals surface area contributed by atoms with Crippen LogP contribution in [0.2, 0.25) is 0 Å². The Hall–Kier alpha value is -2.43. The van der Waals surface area contributed by atoms with E-state index < -0.39 is 0 Å². The van der Waals surface area contributed by atoms with Crippen molar-refractivity contribution in [2.75, 3.05) is 11.9 Å². The van der Waals surface area contributed by atoms with Crippen LogP contribution in [-0.4, -0.2) is 16.5 Å².